The van der Waals surface area contributed by atoms with Gasteiger partial charge in [-0.3, -0.25) is 0 Å². The maximum absolute atomic E-state index is 8.78. The van der Waals surface area contributed by atoms with Crippen molar-refractivity contribution in [3.05, 3.63) is 0 Å². The van der Waals surface area contributed by atoms with Gasteiger partial charge in [-0.25, -0.2) is 0 Å². The van der Waals surface area contributed by atoms with E-state index in [-0.39, 0.29) is 11.8 Å². The molecule has 0 aromatic carbocycles. The van der Waals surface area contributed by atoms with E-state index in [1.54, 1.807) is 12.4 Å². The van der Waals surface area contributed by atoms with E-state index >= 15 is 0 Å². The van der Waals surface area contributed by atoms with E-state index < -0.39 is 12.7 Å². The molecular weight excluding hydrogens is 247 g/mol. The van der Waals surface area contributed by atoms with Crippen LogP contribution in [0.5, 0.6) is 0 Å². The molecule has 3 heterocycles. The highest BCUT2D eigenvalue weighted by Crippen LogP contribution is 2.71. The Labute approximate surface area is 109 Å². The molecule has 19 heavy (non-hydrogen) atoms. The minimum atomic E-state index is -0.949. The molecule has 0 aromatic rings. The summed E-state index contributed by atoms with van der Waals surface area (Å²) in [5, 5.41) is 17.6. The van der Waals surface area contributed by atoms with Gasteiger partial charge < -0.3 is 14.0 Å². The molecule has 2 unspecified atom stereocenters. The number of aliphatic imine (C=N–C) groups is 2. The van der Waals surface area contributed by atoms with Gasteiger partial charge in [-0.2, -0.15) is 10.5 Å². The Bertz CT molecular complexity index is 548. The van der Waals surface area contributed by atoms with Crippen molar-refractivity contribution in [3.8, 4) is 12.4 Å². The highest BCUT2D eigenvalue weighted by atomic mass is 16.8. The first-order valence-corrected chi connectivity index (χ1v) is 6.18. The van der Waals surface area contributed by atoms with Crippen molar-refractivity contribution >= 4 is 19.1 Å². The maximum atomic E-state index is 8.78. The first-order chi connectivity index (χ1) is 9.28. The summed E-state index contributed by atoms with van der Waals surface area (Å²) in [4.78, 5) is 7.48. The van der Waals surface area contributed by atoms with Crippen LogP contribution in [-0.2, 0) is 14.0 Å². The van der Waals surface area contributed by atoms with Crippen molar-refractivity contribution in [3.63, 3.8) is 0 Å². The topological polar surface area (TPSA) is 100.0 Å². The lowest BCUT2D eigenvalue weighted by molar-refractivity contribution is 0.0621. The zero-order valence-corrected chi connectivity index (χ0v) is 9.94. The molecule has 3 aliphatic heterocycles. The molecule has 2 aliphatic carbocycles. The van der Waals surface area contributed by atoms with Gasteiger partial charge in [0.2, 0.25) is 24.2 Å². The minimum absolute atomic E-state index is 0.276. The van der Waals surface area contributed by atoms with Crippen LogP contribution in [-0.4, -0.2) is 25.7 Å². The molecule has 0 amide bonds. The first-order valence-electron chi connectivity index (χ1n) is 6.18. The van der Waals surface area contributed by atoms with Gasteiger partial charge in [0.25, 0.3) is 0 Å². The third kappa shape index (κ3) is 1.41. The van der Waals surface area contributed by atoms with Gasteiger partial charge in [0.15, 0.2) is 0 Å². The molecule has 3 saturated heterocycles. The summed E-state index contributed by atoms with van der Waals surface area (Å²) in [6, 6.07) is 0. The summed E-state index contributed by atoms with van der Waals surface area (Å²) < 4.78 is 16.1. The van der Waals surface area contributed by atoms with E-state index in [2.05, 4.69) is 9.98 Å². The van der Waals surface area contributed by atoms with Crippen LogP contribution in [0.25, 0.3) is 0 Å². The Morgan fingerprint density at radius 3 is 2.32 bits per heavy atom. The SMILES string of the molecule is N#CN=C1OB2OCC1(CC1C3CC31)C(=NC#N)O2. The van der Waals surface area contributed by atoms with Gasteiger partial charge in [-0.05, 0) is 30.6 Å². The summed E-state index contributed by atoms with van der Waals surface area (Å²) in [6.07, 6.45) is 5.48. The normalized spacial score (nSPS) is 44.9. The van der Waals surface area contributed by atoms with Crippen LogP contribution in [0.3, 0.4) is 0 Å². The van der Waals surface area contributed by atoms with E-state index in [1.165, 1.54) is 6.42 Å². The summed E-state index contributed by atoms with van der Waals surface area (Å²) in [7, 11) is -0.949. The van der Waals surface area contributed by atoms with Crippen molar-refractivity contribution in [1.82, 2.24) is 0 Å². The molecule has 0 spiro atoms. The molecule has 7 nitrogen and oxygen atoms in total. The zero-order chi connectivity index (χ0) is 13.0. The molecule has 2 atom stereocenters. The lowest BCUT2D eigenvalue weighted by atomic mass is 9.76. The molecule has 5 rings (SSSR count). The summed E-state index contributed by atoms with van der Waals surface area (Å²) >= 11 is 0. The van der Waals surface area contributed by atoms with E-state index in [0.717, 1.165) is 18.3 Å². The zero-order valence-electron chi connectivity index (χ0n) is 9.94. The fraction of sp³-hybridized carbons (Fsp3) is 0.636. The van der Waals surface area contributed by atoms with Crippen molar-refractivity contribution in [2.24, 2.45) is 33.2 Å². The molecule has 5 aliphatic rings. The Hall–Kier alpha value is -2.06. The predicted molar refractivity (Wildman–Crippen MR) is 62.1 cm³/mol. The van der Waals surface area contributed by atoms with Crippen LogP contribution in [0.15, 0.2) is 9.98 Å². The molecule has 2 bridgehead atoms. The average Bonchev–Trinajstić information content (AvgIpc) is 3.29. The quantitative estimate of drug-likeness (QED) is 0.527. The summed E-state index contributed by atoms with van der Waals surface area (Å²) in [5.41, 5.74) is -0.793. The van der Waals surface area contributed by atoms with Crippen LogP contribution < -0.4 is 0 Å². The molecule has 8 heteroatoms. The van der Waals surface area contributed by atoms with Crippen molar-refractivity contribution in [1.29, 1.82) is 10.5 Å². The Balaban J connectivity index is 1.73. The molecule has 0 aromatic heterocycles. The fourth-order valence-corrected chi connectivity index (χ4v) is 3.14. The van der Waals surface area contributed by atoms with Gasteiger partial charge in [0.05, 0.1) is 6.61 Å². The van der Waals surface area contributed by atoms with Crippen molar-refractivity contribution in [2.75, 3.05) is 6.61 Å². The summed E-state index contributed by atoms with van der Waals surface area (Å²) in [6.45, 7) is 0.300. The van der Waals surface area contributed by atoms with Gasteiger partial charge in [-0.1, -0.05) is 0 Å². The smallest absolute Gasteiger partial charge is 0.488 e. The minimum Gasteiger partial charge on any atom is -0.488 e. The molecule has 94 valence electrons. The van der Waals surface area contributed by atoms with Crippen LogP contribution in [0.2, 0.25) is 0 Å². The van der Waals surface area contributed by atoms with E-state index in [9.17, 15) is 0 Å². The predicted octanol–water partition coefficient (Wildman–Crippen LogP) is 0.450. The number of rotatable bonds is 2. The summed E-state index contributed by atoms with van der Waals surface area (Å²) in [5.74, 6) is 2.69. The number of nitriles is 2. The third-order valence-electron chi connectivity index (χ3n) is 4.44. The van der Waals surface area contributed by atoms with Crippen LogP contribution in [0.1, 0.15) is 12.8 Å². The van der Waals surface area contributed by atoms with Gasteiger partial charge in [0.1, 0.15) is 5.41 Å². The molecule has 5 fully saturated rings. The number of nitrogens with zero attached hydrogens (tertiary/aromatic N) is 4. The first kappa shape index (κ1) is 10.8. The van der Waals surface area contributed by atoms with Gasteiger partial charge in [0, 0.05) is 0 Å². The van der Waals surface area contributed by atoms with Crippen LogP contribution in [0, 0.1) is 46.1 Å². The van der Waals surface area contributed by atoms with Crippen molar-refractivity contribution < 1.29 is 14.0 Å². The van der Waals surface area contributed by atoms with Gasteiger partial charge >= 0.3 is 7.32 Å². The number of hydrogen-bond donors (Lipinski definition) is 0. The second-order valence-electron chi connectivity index (χ2n) is 5.38. The molecule has 2 saturated carbocycles. The Morgan fingerprint density at radius 2 is 1.84 bits per heavy atom. The third-order valence-corrected chi connectivity index (χ3v) is 4.44. The Kier molecular flexibility index (Phi) is 1.99. The maximum Gasteiger partial charge on any atom is 0.789 e. The largest absolute Gasteiger partial charge is 0.789 e. The van der Waals surface area contributed by atoms with E-state index in [4.69, 9.17) is 24.5 Å². The highest BCUT2D eigenvalue weighted by molar-refractivity contribution is 6.47. The van der Waals surface area contributed by atoms with Crippen molar-refractivity contribution in [2.45, 2.75) is 12.8 Å². The number of fused-ring (bicyclic) bond motifs is 4. The van der Waals surface area contributed by atoms with E-state index in [1.807, 2.05) is 0 Å². The second-order valence-corrected chi connectivity index (χ2v) is 5.38. The molecule has 0 N–H and O–H groups in total. The fourth-order valence-electron chi connectivity index (χ4n) is 3.14. The van der Waals surface area contributed by atoms with E-state index in [0.29, 0.717) is 12.5 Å². The lowest BCUT2D eigenvalue weighted by Gasteiger charge is -2.44. The highest BCUT2D eigenvalue weighted by Gasteiger charge is 2.69. The lowest BCUT2D eigenvalue weighted by Crippen LogP contribution is -2.61. The number of hydrogen-bond acceptors (Lipinski definition) is 7. The molecule has 0 radical (unpaired) electrons. The monoisotopic (exact) mass is 256 g/mol. The van der Waals surface area contributed by atoms with Gasteiger partial charge in [-0.15, -0.1) is 9.98 Å². The molecular formula is C11H9BN4O3. The van der Waals surface area contributed by atoms with Crippen LogP contribution >= 0.6 is 0 Å². The second kappa shape index (κ2) is 3.49. The average molecular weight is 256 g/mol. The standard InChI is InChI=1S/C11H9BN4O3/c13-4-15-9-11(2-8-6-1-7(6)8)3-17-12(18-9)19-10(11)16-5-14/h6-8H,1-3H2. The van der Waals surface area contributed by atoms with Crippen LogP contribution in [0.4, 0.5) is 0 Å². The Morgan fingerprint density at radius 1 is 1.21 bits per heavy atom.